The first-order chi connectivity index (χ1) is 9.08. The van der Waals surface area contributed by atoms with Crippen molar-refractivity contribution >= 4 is 5.91 Å². The van der Waals surface area contributed by atoms with Gasteiger partial charge in [-0.3, -0.25) is 4.79 Å². The fraction of sp³-hybridized carbons (Fsp3) is 0.533. The highest BCUT2D eigenvalue weighted by Crippen LogP contribution is 2.28. The SMILES string of the molecule is COc1ccccc1C(C)CC(=O)NCC(C)CO. The predicted molar refractivity (Wildman–Crippen MR) is 75.3 cm³/mol. The average Bonchev–Trinajstić information content (AvgIpc) is 2.44. The van der Waals surface area contributed by atoms with Crippen molar-refractivity contribution in [1.29, 1.82) is 0 Å². The highest BCUT2D eigenvalue weighted by Gasteiger charge is 2.15. The lowest BCUT2D eigenvalue weighted by atomic mass is 9.96. The summed E-state index contributed by atoms with van der Waals surface area (Å²) in [5.74, 6) is 0.997. The number of aliphatic hydroxyl groups excluding tert-OH is 1. The number of amides is 1. The van der Waals surface area contributed by atoms with E-state index in [0.29, 0.717) is 13.0 Å². The third kappa shape index (κ3) is 4.91. The van der Waals surface area contributed by atoms with Crippen LogP contribution in [0.5, 0.6) is 5.75 Å². The molecule has 0 aliphatic heterocycles. The number of para-hydroxylation sites is 1. The summed E-state index contributed by atoms with van der Waals surface area (Å²) in [6.07, 6.45) is 0.415. The van der Waals surface area contributed by atoms with Crippen molar-refractivity contribution in [2.24, 2.45) is 5.92 Å². The third-order valence-corrected chi connectivity index (χ3v) is 3.12. The van der Waals surface area contributed by atoms with Crippen molar-refractivity contribution in [3.63, 3.8) is 0 Å². The van der Waals surface area contributed by atoms with E-state index in [0.717, 1.165) is 11.3 Å². The van der Waals surface area contributed by atoms with Crippen LogP contribution in [0.4, 0.5) is 0 Å². The molecule has 0 aromatic heterocycles. The minimum atomic E-state index is -0.00120. The molecule has 0 fully saturated rings. The molecule has 0 saturated carbocycles. The first kappa shape index (κ1) is 15.5. The van der Waals surface area contributed by atoms with Crippen molar-refractivity contribution in [2.75, 3.05) is 20.3 Å². The Labute approximate surface area is 114 Å². The molecule has 2 N–H and O–H groups in total. The molecule has 2 atom stereocenters. The van der Waals surface area contributed by atoms with E-state index in [2.05, 4.69) is 5.32 Å². The molecular formula is C15H23NO3. The zero-order valence-corrected chi connectivity index (χ0v) is 11.8. The molecule has 19 heavy (non-hydrogen) atoms. The van der Waals surface area contributed by atoms with Gasteiger partial charge in [0, 0.05) is 19.6 Å². The van der Waals surface area contributed by atoms with Crippen molar-refractivity contribution in [1.82, 2.24) is 5.32 Å². The molecule has 0 aliphatic carbocycles. The maximum Gasteiger partial charge on any atom is 0.220 e. The van der Waals surface area contributed by atoms with Gasteiger partial charge in [-0.25, -0.2) is 0 Å². The Hall–Kier alpha value is -1.55. The van der Waals surface area contributed by atoms with Crippen LogP contribution in [-0.2, 0) is 4.79 Å². The molecule has 106 valence electrons. The lowest BCUT2D eigenvalue weighted by Gasteiger charge is -2.16. The number of ether oxygens (including phenoxy) is 1. The quantitative estimate of drug-likeness (QED) is 0.792. The van der Waals surface area contributed by atoms with Crippen molar-refractivity contribution in [2.45, 2.75) is 26.2 Å². The number of hydrogen-bond donors (Lipinski definition) is 2. The van der Waals surface area contributed by atoms with Gasteiger partial charge in [-0.05, 0) is 23.5 Å². The van der Waals surface area contributed by atoms with Crippen LogP contribution < -0.4 is 10.1 Å². The Balaban J connectivity index is 2.54. The molecule has 1 aromatic carbocycles. The molecule has 0 heterocycles. The van der Waals surface area contributed by atoms with Gasteiger partial charge in [0.1, 0.15) is 5.75 Å². The smallest absolute Gasteiger partial charge is 0.220 e. The van der Waals surface area contributed by atoms with E-state index in [9.17, 15) is 4.79 Å². The zero-order valence-electron chi connectivity index (χ0n) is 11.8. The normalized spacial score (nSPS) is 13.7. The third-order valence-electron chi connectivity index (χ3n) is 3.12. The fourth-order valence-corrected chi connectivity index (χ4v) is 1.89. The van der Waals surface area contributed by atoms with Crippen LogP contribution in [0, 0.1) is 5.92 Å². The molecule has 0 spiro atoms. The summed E-state index contributed by atoms with van der Waals surface area (Å²) in [5, 5.41) is 11.7. The van der Waals surface area contributed by atoms with Crippen molar-refractivity contribution in [3.05, 3.63) is 29.8 Å². The first-order valence-corrected chi connectivity index (χ1v) is 6.59. The summed E-state index contributed by atoms with van der Waals surface area (Å²) < 4.78 is 5.30. The summed E-state index contributed by atoms with van der Waals surface area (Å²) in [6.45, 7) is 4.49. The van der Waals surface area contributed by atoms with Gasteiger partial charge in [-0.2, -0.15) is 0 Å². The molecule has 0 aliphatic rings. The molecule has 0 saturated heterocycles. The second-order valence-corrected chi connectivity index (χ2v) is 4.94. The number of rotatable bonds is 7. The van der Waals surface area contributed by atoms with Crippen LogP contribution in [0.3, 0.4) is 0 Å². The summed E-state index contributed by atoms with van der Waals surface area (Å²) in [5.41, 5.74) is 1.04. The van der Waals surface area contributed by atoms with E-state index in [1.807, 2.05) is 38.1 Å². The van der Waals surface area contributed by atoms with Gasteiger partial charge in [-0.1, -0.05) is 32.0 Å². The van der Waals surface area contributed by atoms with Crippen LogP contribution in [0.25, 0.3) is 0 Å². The number of carbonyl (C=O) groups excluding carboxylic acids is 1. The van der Waals surface area contributed by atoms with Gasteiger partial charge in [-0.15, -0.1) is 0 Å². The molecule has 1 rings (SSSR count). The van der Waals surface area contributed by atoms with Gasteiger partial charge >= 0.3 is 0 Å². The molecule has 4 nitrogen and oxygen atoms in total. The summed E-state index contributed by atoms with van der Waals surface area (Å²) in [4.78, 5) is 11.8. The largest absolute Gasteiger partial charge is 0.496 e. The average molecular weight is 265 g/mol. The van der Waals surface area contributed by atoms with Crippen LogP contribution in [-0.4, -0.2) is 31.3 Å². The summed E-state index contributed by atoms with van der Waals surface area (Å²) >= 11 is 0. The second-order valence-electron chi connectivity index (χ2n) is 4.94. The minimum absolute atomic E-state index is 0.00120. The Morgan fingerprint density at radius 2 is 2.05 bits per heavy atom. The highest BCUT2D eigenvalue weighted by molar-refractivity contribution is 5.77. The number of aliphatic hydroxyl groups is 1. The molecule has 1 amide bonds. The lowest BCUT2D eigenvalue weighted by Crippen LogP contribution is -2.30. The minimum Gasteiger partial charge on any atom is -0.496 e. The molecular weight excluding hydrogens is 242 g/mol. The number of nitrogens with one attached hydrogen (secondary N) is 1. The Morgan fingerprint density at radius 3 is 2.68 bits per heavy atom. The van der Waals surface area contributed by atoms with E-state index in [-0.39, 0.29) is 24.3 Å². The Morgan fingerprint density at radius 1 is 1.37 bits per heavy atom. The molecule has 1 aromatic rings. The van der Waals surface area contributed by atoms with E-state index in [1.165, 1.54) is 0 Å². The predicted octanol–water partition coefficient (Wildman–Crippen LogP) is 1.93. The zero-order chi connectivity index (χ0) is 14.3. The lowest BCUT2D eigenvalue weighted by molar-refractivity contribution is -0.121. The van der Waals surface area contributed by atoms with E-state index in [1.54, 1.807) is 7.11 Å². The highest BCUT2D eigenvalue weighted by atomic mass is 16.5. The van der Waals surface area contributed by atoms with E-state index in [4.69, 9.17) is 9.84 Å². The molecule has 0 radical (unpaired) electrons. The van der Waals surface area contributed by atoms with Gasteiger partial charge in [0.25, 0.3) is 0 Å². The summed E-state index contributed by atoms with van der Waals surface area (Å²) in [6, 6.07) is 7.74. The van der Waals surface area contributed by atoms with Crippen LogP contribution in [0.2, 0.25) is 0 Å². The van der Waals surface area contributed by atoms with Gasteiger partial charge < -0.3 is 15.2 Å². The van der Waals surface area contributed by atoms with Gasteiger partial charge in [0.15, 0.2) is 0 Å². The number of methoxy groups -OCH3 is 1. The fourth-order valence-electron chi connectivity index (χ4n) is 1.89. The van der Waals surface area contributed by atoms with E-state index < -0.39 is 0 Å². The monoisotopic (exact) mass is 265 g/mol. The van der Waals surface area contributed by atoms with Crippen LogP contribution in [0.1, 0.15) is 31.7 Å². The number of hydrogen-bond acceptors (Lipinski definition) is 3. The van der Waals surface area contributed by atoms with Crippen molar-refractivity contribution in [3.8, 4) is 5.75 Å². The first-order valence-electron chi connectivity index (χ1n) is 6.59. The van der Waals surface area contributed by atoms with Crippen LogP contribution in [0.15, 0.2) is 24.3 Å². The standard InChI is InChI=1S/C15H23NO3/c1-11(10-17)9-16-15(18)8-12(2)13-6-4-5-7-14(13)19-3/h4-7,11-12,17H,8-10H2,1-3H3,(H,16,18). The topological polar surface area (TPSA) is 58.6 Å². The van der Waals surface area contributed by atoms with Gasteiger partial charge in [0.2, 0.25) is 5.91 Å². The number of carbonyl (C=O) groups is 1. The van der Waals surface area contributed by atoms with Crippen LogP contribution >= 0.6 is 0 Å². The van der Waals surface area contributed by atoms with E-state index >= 15 is 0 Å². The molecule has 2 unspecified atom stereocenters. The Bertz CT molecular complexity index is 406. The molecule has 4 heteroatoms. The Kier molecular flexibility index (Phi) is 6.36. The maximum absolute atomic E-state index is 11.8. The van der Waals surface area contributed by atoms with Gasteiger partial charge in [0.05, 0.1) is 7.11 Å². The molecule has 0 bridgehead atoms. The number of benzene rings is 1. The maximum atomic E-state index is 11.8. The second kappa shape index (κ2) is 7.79. The van der Waals surface area contributed by atoms with Crippen molar-refractivity contribution < 1.29 is 14.6 Å². The summed E-state index contributed by atoms with van der Waals surface area (Å²) in [7, 11) is 1.63.